The largest absolute Gasteiger partial charge is 0.477 e. The first-order valence-electron chi connectivity index (χ1n) is 4.81. The quantitative estimate of drug-likeness (QED) is 0.894. The summed E-state index contributed by atoms with van der Waals surface area (Å²) in [6.07, 6.45) is 0. The van der Waals surface area contributed by atoms with Gasteiger partial charge in [0.05, 0.1) is 0 Å². The standard InChI is InChI=1S/C12H8BrNO3/c13-9-4-2-1-3-7(9)10-6-5-8(12(16)17)11(15)14-10/h1-6H,(H,14,15)(H,16,17). The van der Waals surface area contributed by atoms with Crippen molar-refractivity contribution in [3.8, 4) is 11.3 Å². The van der Waals surface area contributed by atoms with E-state index in [9.17, 15) is 9.59 Å². The zero-order chi connectivity index (χ0) is 12.4. The first-order valence-corrected chi connectivity index (χ1v) is 5.60. The highest BCUT2D eigenvalue weighted by molar-refractivity contribution is 9.10. The molecule has 1 aromatic carbocycles. The highest BCUT2D eigenvalue weighted by Gasteiger charge is 2.10. The molecule has 2 aromatic rings. The maximum atomic E-state index is 11.5. The third kappa shape index (κ3) is 2.29. The van der Waals surface area contributed by atoms with E-state index in [4.69, 9.17) is 5.11 Å². The van der Waals surface area contributed by atoms with E-state index in [-0.39, 0.29) is 5.56 Å². The molecule has 0 saturated carbocycles. The molecule has 4 nitrogen and oxygen atoms in total. The molecule has 0 unspecified atom stereocenters. The minimum Gasteiger partial charge on any atom is -0.477 e. The van der Waals surface area contributed by atoms with Crippen LogP contribution in [0, 0.1) is 0 Å². The van der Waals surface area contributed by atoms with Crippen molar-refractivity contribution in [2.24, 2.45) is 0 Å². The minimum atomic E-state index is -1.23. The van der Waals surface area contributed by atoms with Gasteiger partial charge in [0.1, 0.15) is 5.56 Å². The number of carbonyl (C=O) groups is 1. The smallest absolute Gasteiger partial charge is 0.341 e. The second-order valence-electron chi connectivity index (χ2n) is 3.40. The lowest BCUT2D eigenvalue weighted by atomic mass is 10.1. The summed E-state index contributed by atoms with van der Waals surface area (Å²) >= 11 is 3.37. The van der Waals surface area contributed by atoms with E-state index in [1.54, 1.807) is 6.07 Å². The first-order chi connectivity index (χ1) is 8.09. The van der Waals surface area contributed by atoms with Gasteiger partial charge in [0.15, 0.2) is 0 Å². The fourth-order valence-corrected chi connectivity index (χ4v) is 1.98. The summed E-state index contributed by atoms with van der Waals surface area (Å²) in [7, 11) is 0. The molecule has 17 heavy (non-hydrogen) atoms. The molecular formula is C12H8BrNO3. The summed E-state index contributed by atoms with van der Waals surface area (Å²) in [6.45, 7) is 0. The van der Waals surface area contributed by atoms with Crippen LogP contribution in [-0.4, -0.2) is 16.1 Å². The Bertz CT molecular complexity index is 634. The van der Waals surface area contributed by atoms with Crippen LogP contribution in [0.4, 0.5) is 0 Å². The van der Waals surface area contributed by atoms with E-state index in [0.29, 0.717) is 5.69 Å². The Morgan fingerprint density at radius 2 is 1.88 bits per heavy atom. The molecule has 0 atom stereocenters. The van der Waals surface area contributed by atoms with E-state index in [1.165, 1.54) is 6.07 Å². The van der Waals surface area contributed by atoms with Crippen LogP contribution in [0.1, 0.15) is 10.4 Å². The topological polar surface area (TPSA) is 70.2 Å². The van der Waals surface area contributed by atoms with Crippen molar-refractivity contribution in [3.63, 3.8) is 0 Å². The summed E-state index contributed by atoms with van der Waals surface area (Å²) in [5.41, 5.74) is 0.514. The number of carboxylic acids is 1. The number of rotatable bonds is 2. The van der Waals surface area contributed by atoms with E-state index in [2.05, 4.69) is 20.9 Å². The van der Waals surface area contributed by atoms with Crippen LogP contribution >= 0.6 is 15.9 Å². The van der Waals surface area contributed by atoms with Gasteiger partial charge in [-0.05, 0) is 18.2 Å². The number of H-pyrrole nitrogens is 1. The van der Waals surface area contributed by atoms with Gasteiger partial charge >= 0.3 is 5.97 Å². The molecule has 0 aliphatic carbocycles. The molecule has 0 amide bonds. The highest BCUT2D eigenvalue weighted by atomic mass is 79.9. The lowest BCUT2D eigenvalue weighted by Crippen LogP contribution is -2.17. The lowest BCUT2D eigenvalue weighted by Gasteiger charge is -2.04. The van der Waals surface area contributed by atoms with E-state index < -0.39 is 11.5 Å². The third-order valence-electron chi connectivity index (χ3n) is 2.30. The molecule has 0 fully saturated rings. The fourth-order valence-electron chi connectivity index (χ4n) is 1.48. The Labute approximate surface area is 105 Å². The zero-order valence-electron chi connectivity index (χ0n) is 8.61. The Balaban J connectivity index is 2.57. The summed E-state index contributed by atoms with van der Waals surface area (Å²) < 4.78 is 0.832. The van der Waals surface area contributed by atoms with Crippen LogP contribution < -0.4 is 5.56 Å². The van der Waals surface area contributed by atoms with Crippen molar-refractivity contribution in [1.82, 2.24) is 4.98 Å². The Morgan fingerprint density at radius 1 is 1.18 bits per heavy atom. The second kappa shape index (κ2) is 4.55. The summed E-state index contributed by atoms with van der Waals surface area (Å²) in [5, 5.41) is 8.75. The number of hydrogen-bond donors (Lipinski definition) is 2. The molecular weight excluding hydrogens is 286 g/mol. The number of carboxylic acid groups (broad SMARTS) is 1. The number of benzene rings is 1. The number of halogens is 1. The molecule has 1 heterocycles. The predicted molar refractivity (Wildman–Crippen MR) is 67.2 cm³/mol. The number of nitrogens with one attached hydrogen (secondary N) is 1. The fraction of sp³-hybridized carbons (Fsp3) is 0. The number of aromatic nitrogens is 1. The number of aromatic amines is 1. The van der Waals surface area contributed by atoms with Crippen molar-refractivity contribution in [3.05, 3.63) is 56.8 Å². The van der Waals surface area contributed by atoms with Gasteiger partial charge in [-0.3, -0.25) is 4.79 Å². The first kappa shape index (κ1) is 11.6. The van der Waals surface area contributed by atoms with E-state index in [1.807, 2.05) is 24.3 Å². The SMILES string of the molecule is O=C(O)c1ccc(-c2ccccc2Br)[nH]c1=O. The van der Waals surface area contributed by atoms with Gasteiger partial charge in [0, 0.05) is 15.7 Å². The molecule has 0 aliphatic heterocycles. The number of pyridine rings is 1. The van der Waals surface area contributed by atoms with Crippen molar-refractivity contribution >= 4 is 21.9 Å². The van der Waals surface area contributed by atoms with Gasteiger partial charge in [-0.25, -0.2) is 4.79 Å². The molecule has 86 valence electrons. The van der Waals surface area contributed by atoms with Crippen molar-refractivity contribution < 1.29 is 9.90 Å². The lowest BCUT2D eigenvalue weighted by molar-refractivity contribution is 0.0695. The number of hydrogen-bond acceptors (Lipinski definition) is 2. The van der Waals surface area contributed by atoms with Crippen LogP contribution in [0.15, 0.2) is 45.7 Å². The van der Waals surface area contributed by atoms with Crippen LogP contribution in [0.5, 0.6) is 0 Å². The summed E-state index contributed by atoms with van der Waals surface area (Å²) in [5.74, 6) is -1.23. The van der Waals surface area contributed by atoms with Gasteiger partial charge in [-0.15, -0.1) is 0 Å². The number of aromatic carboxylic acids is 1. The van der Waals surface area contributed by atoms with Crippen molar-refractivity contribution in [2.75, 3.05) is 0 Å². The van der Waals surface area contributed by atoms with Crippen LogP contribution in [0.3, 0.4) is 0 Å². The second-order valence-corrected chi connectivity index (χ2v) is 4.25. The summed E-state index contributed by atoms with van der Waals surface area (Å²) in [6, 6.07) is 10.2. The predicted octanol–water partition coefficient (Wildman–Crippen LogP) is 2.50. The molecule has 0 radical (unpaired) electrons. The molecule has 2 N–H and O–H groups in total. The van der Waals surface area contributed by atoms with Crippen molar-refractivity contribution in [2.45, 2.75) is 0 Å². The van der Waals surface area contributed by atoms with Crippen molar-refractivity contribution in [1.29, 1.82) is 0 Å². The molecule has 2 rings (SSSR count). The zero-order valence-corrected chi connectivity index (χ0v) is 10.2. The van der Waals surface area contributed by atoms with Gasteiger partial charge in [0.25, 0.3) is 5.56 Å². The van der Waals surface area contributed by atoms with Gasteiger partial charge in [-0.2, -0.15) is 0 Å². The highest BCUT2D eigenvalue weighted by Crippen LogP contribution is 2.25. The van der Waals surface area contributed by atoms with Crippen LogP contribution in [0.25, 0.3) is 11.3 Å². The molecule has 0 saturated heterocycles. The monoisotopic (exact) mass is 293 g/mol. The molecule has 1 aromatic heterocycles. The average molecular weight is 294 g/mol. The average Bonchev–Trinajstić information content (AvgIpc) is 2.29. The molecule has 0 aliphatic rings. The molecule has 0 spiro atoms. The Kier molecular flexibility index (Phi) is 3.10. The van der Waals surface area contributed by atoms with Gasteiger partial charge in [-0.1, -0.05) is 34.1 Å². The molecule has 0 bridgehead atoms. The minimum absolute atomic E-state index is 0.263. The van der Waals surface area contributed by atoms with Gasteiger partial charge < -0.3 is 10.1 Å². The Morgan fingerprint density at radius 3 is 2.47 bits per heavy atom. The normalized spacial score (nSPS) is 10.2. The van der Waals surface area contributed by atoms with E-state index >= 15 is 0 Å². The van der Waals surface area contributed by atoms with E-state index in [0.717, 1.165) is 10.0 Å². The van der Waals surface area contributed by atoms with Gasteiger partial charge in [0.2, 0.25) is 0 Å². The maximum absolute atomic E-state index is 11.5. The van der Waals surface area contributed by atoms with Crippen LogP contribution in [0.2, 0.25) is 0 Å². The Hall–Kier alpha value is -1.88. The molecule has 5 heteroatoms. The van der Waals surface area contributed by atoms with Crippen LogP contribution in [-0.2, 0) is 0 Å². The third-order valence-corrected chi connectivity index (χ3v) is 3.00. The summed E-state index contributed by atoms with van der Waals surface area (Å²) in [4.78, 5) is 24.8. The maximum Gasteiger partial charge on any atom is 0.341 e.